The number of carbonyl (C=O) groups excluding carboxylic acids is 3. The predicted octanol–water partition coefficient (Wildman–Crippen LogP) is 2.03. The van der Waals surface area contributed by atoms with Gasteiger partial charge in [-0.2, -0.15) is 0 Å². The number of rotatable bonds is 6. The highest BCUT2D eigenvalue weighted by molar-refractivity contribution is 5.94. The van der Waals surface area contributed by atoms with Crippen LogP contribution in [-0.4, -0.2) is 48.9 Å². The summed E-state index contributed by atoms with van der Waals surface area (Å²) in [6.07, 6.45) is 3.94. The van der Waals surface area contributed by atoms with E-state index in [4.69, 9.17) is 4.74 Å². The minimum absolute atomic E-state index is 0.0770. The van der Waals surface area contributed by atoms with Crippen LogP contribution < -0.4 is 5.32 Å². The highest BCUT2D eigenvalue weighted by Crippen LogP contribution is 2.10. The van der Waals surface area contributed by atoms with Crippen molar-refractivity contribution in [3.63, 3.8) is 0 Å². The molecule has 0 bridgehead atoms. The second-order valence-electron chi connectivity index (χ2n) is 6.09. The topological polar surface area (TPSA) is 75.7 Å². The summed E-state index contributed by atoms with van der Waals surface area (Å²) in [6, 6.07) is 2.61. The Morgan fingerprint density at radius 1 is 1.08 bits per heavy atom. The van der Waals surface area contributed by atoms with Crippen LogP contribution in [0.25, 0.3) is 0 Å². The van der Waals surface area contributed by atoms with Gasteiger partial charge >= 0.3 is 5.97 Å². The Morgan fingerprint density at radius 3 is 2.42 bits per heavy atom. The summed E-state index contributed by atoms with van der Waals surface area (Å²) in [5.41, 5.74) is -0.309. The van der Waals surface area contributed by atoms with Gasteiger partial charge in [0.15, 0.2) is 6.61 Å². The van der Waals surface area contributed by atoms with Crippen LogP contribution in [0.4, 0.5) is 8.78 Å². The molecule has 2 amide bonds. The molecular formula is C18H22F2N2O4. The lowest BCUT2D eigenvalue weighted by Gasteiger charge is -2.19. The van der Waals surface area contributed by atoms with Gasteiger partial charge in [0, 0.05) is 25.7 Å². The minimum Gasteiger partial charge on any atom is -0.456 e. The van der Waals surface area contributed by atoms with Crippen molar-refractivity contribution >= 4 is 17.8 Å². The number of hydrogen-bond donors (Lipinski definition) is 1. The van der Waals surface area contributed by atoms with E-state index in [9.17, 15) is 23.2 Å². The summed E-state index contributed by atoms with van der Waals surface area (Å²) < 4.78 is 31.2. The van der Waals surface area contributed by atoms with Crippen LogP contribution in [0.15, 0.2) is 18.2 Å². The number of hydrogen-bond acceptors (Lipinski definition) is 4. The monoisotopic (exact) mass is 368 g/mol. The molecule has 2 rings (SSSR count). The summed E-state index contributed by atoms with van der Waals surface area (Å²) in [7, 11) is 0. The van der Waals surface area contributed by atoms with Crippen molar-refractivity contribution in [3.8, 4) is 0 Å². The fourth-order valence-corrected chi connectivity index (χ4v) is 2.67. The van der Waals surface area contributed by atoms with Gasteiger partial charge < -0.3 is 15.0 Å². The van der Waals surface area contributed by atoms with Gasteiger partial charge in [0.1, 0.15) is 11.6 Å². The molecule has 8 heteroatoms. The van der Waals surface area contributed by atoms with E-state index in [0.717, 1.165) is 37.8 Å². The minimum atomic E-state index is -0.979. The number of halogens is 2. The second kappa shape index (κ2) is 9.84. The molecule has 1 aliphatic heterocycles. The van der Waals surface area contributed by atoms with Crippen LogP contribution in [0.2, 0.25) is 0 Å². The smallest absolute Gasteiger partial charge is 0.308 e. The van der Waals surface area contributed by atoms with E-state index in [0.29, 0.717) is 19.2 Å². The molecule has 0 saturated carbocycles. The van der Waals surface area contributed by atoms with E-state index in [1.165, 1.54) is 0 Å². The lowest BCUT2D eigenvalue weighted by Crippen LogP contribution is -2.35. The molecule has 0 aromatic heterocycles. The van der Waals surface area contributed by atoms with Crippen molar-refractivity contribution in [1.29, 1.82) is 0 Å². The number of nitrogens with one attached hydrogen (secondary N) is 1. The van der Waals surface area contributed by atoms with E-state index in [1.807, 2.05) is 0 Å². The lowest BCUT2D eigenvalue weighted by molar-refractivity contribution is -0.151. The fraction of sp³-hybridized carbons (Fsp3) is 0.500. The summed E-state index contributed by atoms with van der Waals surface area (Å²) >= 11 is 0. The van der Waals surface area contributed by atoms with Crippen LogP contribution in [-0.2, 0) is 14.3 Å². The SMILES string of the molecule is O=C(CCNC(=O)c1ccc(F)cc1F)OCC(=O)N1CCCCCC1. The molecule has 26 heavy (non-hydrogen) atoms. The summed E-state index contributed by atoms with van der Waals surface area (Å²) in [5.74, 6) is -3.37. The number of esters is 1. The fourth-order valence-electron chi connectivity index (χ4n) is 2.67. The zero-order chi connectivity index (χ0) is 18.9. The van der Waals surface area contributed by atoms with Gasteiger partial charge in [0.2, 0.25) is 0 Å². The van der Waals surface area contributed by atoms with Crippen molar-refractivity contribution < 1.29 is 27.9 Å². The molecule has 0 unspecified atom stereocenters. The number of likely N-dealkylation sites (tertiary alicyclic amines) is 1. The molecule has 0 atom stereocenters. The van der Waals surface area contributed by atoms with Gasteiger partial charge in [0.25, 0.3) is 11.8 Å². The van der Waals surface area contributed by atoms with E-state index in [2.05, 4.69) is 5.32 Å². The quantitative estimate of drug-likeness (QED) is 0.780. The predicted molar refractivity (Wildman–Crippen MR) is 89.3 cm³/mol. The van der Waals surface area contributed by atoms with E-state index >= 15 is 0 Å². The Kier molecular flexibility index (Phi) is 7.50. The lowest BCUT2D eigenvalue weighted by atomic mass is 10.2. The van der Waals surface area contributed by atoms with E-state index in [1.54, 1.807) is 4.90 Å². The van der Waals surface area contributed by atoms with Crippen molar-refractivity contribution in [2.45, 2.75) is 32.1 Å². The van der Waals surface area contributed by atoms with Crippen molar-refractivity contribution in [2.24, 2.45) is 0 Å². The Labute approximate surface area is 150 Å². The van der Waals surface area contributed by atoms with Crippen LogP contribution >= 0.6 is 0 Å². The maximum absolute atomic E-state index is 13.5. The summed E-state index contributed by atoms with van der Waals surface area (Å²) in [4.78, 5) is 37.1. The zero-order valence-electron chi connectivity index (χ0n) is 14.4. The molecule has 1 N–H and O–H groups in total. The number of ether oxygens (including phenoxy) is 1. The Bertz CT molecular complexity index is 659. The molecule has 1 fully saturated rings. The molecule has 1 aliphatic rings. The van der Waals surface area contributed by atoms with Gasteiger partial charge in [-0.25, -0.2) is 8.78 Å². The van der Waals surface area contributed by atoms with Crippen molar-refractivity contribution in [2.75, 3.05) is 26.2 Å². The third-order valence-electron chi connectivity index (χ3n) is 4.11. The molecule has 1 saturated heterocycles. The van der Waals surface area contributed by atoms with Gasteiger partial charge in [-0.05, 0) is 25.0 Å². The molecule has 1 heterocycles. The van der Waals surface area contributed by atoms with Crippen LogP contribution in [0.3, 0.4) is 0 Å². The highest BCUT2D eigenvalue weighted by Gasteiger charge is 2.17. The second-order valence-corrected chi connectivity index (χ2v) is 6.09. The maximum Gasteiger partial charge on any atom is 0.308 e. The van der Waals surface area contributed by atoms with E-state index in [-0.39, 0.29) is 31.0 Å². The standard InChI is InChI=1S/C18H22F2N2O4/c19-13-5-6-14(15(20)11-13)18(25)21-8-7-17(24)26-12-16(23)22-9-3-1-2-4-10-22/h5-6,11H,1-4,7-10,12H2,(H,21,25). The third kappa shape index (κ3) is 6.09. The van der Waals surface area contributed by atoms with Crippen molar-refractivity contribution in [1.82, 2.24) is 10.2 Å². The maximum atomic E-state index is 13.5. The molecule has 0 aliphatic carbocycles. The van der Waals surface area contributed by atoms with Crippen LogP contribution in [0.5, 0.6) is 0 Å². The third-order valence-corrected chi connectivity index (χ3v) is 4.11. The first kappa shape index (κ1) is 19.8. The number of carbonyl (C=O) groups is 3. The molecule has 0 radical (unpaired) electrons. The Hall–Kier alpha value is -2.51. The first-order chi connectivity index (χ1) is 12.5. The Morgan fingerprint density at radius 2 is 1.77 bits per heavy atom. The average molecular weight is 368 g/mol. The van der Waals surface area contributed by atoms with Gasteiger partial charge in [0.05, 0.1) is 12.0 Å². The highest BCUT2D eigenvalue weighted by atomic mass is 19.1. The van der Waals surface area contributed by atoms with E-state index < -0.39 is 23.5 Å². The van der Waals surface area contributed by atoms with Crippen LogP contribution in [0.1, 0.15) is 42.5 Å². The molecule has 0 spiro atoms. The van der Waals surface area contributed by atoms with Crippen LogP contribution in [0, 0.1) is 11.6 Å². The largest absolute Gasteiger partial charge is 0.456 e. The van der Waals surface area contributed by atoms with Gasteiger partial charge in [-0.3, -0.25) is 14.4 Å². The molecular weight excluding hydrogens is 346 g/mol. The number of amides is 2. The molecule has 6 nitrogen and oxygen atoms in total. The molecule has 1 aromatic carbocycles. The molecule has 142 valence electrons. The zero-order valence-corrected chi connectivity index (χ0v) is 14.4. The summed E-state index contributed by atoms with van der Waals surface area (Å²) in [5, 5.41) is 2.35. The normalized spacial score (nSPS) is 14.5. The van der Waals surface area contributed by atoms with Gasteiger partial charge in [-0.15, -0.1) is 0 Å². The average Bonchev–Trinajstić information content (AvgIpc) is 2.89. The summed E-state index contributed by atoms with van der Waals surface area (Å²) in [6.45, 7) is 0.955. The first-order valence-electron chi connectivity index (χ1n) is 8.64. The number of benzene rings is 1. The molecule has 1 aromatic rings. The first-order valence-corrected chi connectivity index (χ1v) is 8.64. The number of nitrogens with zero attached hydrogens (tertiary/aromatic N) is 1. The van der Waals surface area contributed by atoms with Crippen molar-refractivity contribution in [3.05, 3.63) is 35.4 Å². The van der Waals surface area contributed by atoms with Gasteiger partial charge in [-0.1, -0.05) is 12.8 Å². The Balaban J connectivity index is 1.68.